The number of rotatable bonds is 8. The molecule has 0 bridgehead atoms. The van der Waals surface area contributed by atoms with Crippen LogP contribution < -0.4 is 19.1 Å². The Hall–Kier alpha value is -3.23. The van der Waals surface area contributed by atoms with Crippen molar-refractivity contribution in [1.29, 1.82) is 0 Å². The molecule has 1 aliphatic heterocycles. The molecule has 0 saturated heterocycles. The highest BCUT2D eigenvalue weighted by Crippen LogP contribution is 2.37. The molecule has 4 rings (SSSR count). The minimum absolute atomic E-state index is 0.130. The number of benzene rings is 3. The Labute approximate surface area is 203 Å². The highest BCUT2D eigenvalue weighted by atomic mass is 35.5. The van der Waals surface area contributed by atoms with Crippen molar-refractivity contribution >= 4 is 27.1 Å². The molecule has 3 aromatic carbocycles. The third-order valence-corrected chi connectivity index (χ3v) is 7.80. The van der Waals surface area contributed by atoms with Crippen molar-refractivity contribution in [3.63, 3.8) is 0 Å². The fraction of sp³-hybridized carbons (Fsp3) is 0.200. The molecule has 0 spiro atoms. The lowest BCUT2D eigenvalue weighted by Gasteiger charge is -2.26. The zero-order chi connectivity index (χ0) is 24.3. The first kappa shape index (κ1) is 23.9. The maximum absolute atomic E-state index is 13.5. The number of ether oxygens (including phenoxy) is 3. The van der Waals surface area contributed by atoms with Crippen LogP contribution in [0, 0.1) is 5.82 Å². The smallest absolute Gasteiger partial charge is 0.200 e. The van der Waals surface area contributed by atoms with Gasteiger partial charge in [0.2, 0.25) is 0 Å². The molecule has 0 aliphatic carbocycles. The minimum atomic E-state index is -3.75. The van der Waals surface area contributed by atoms with E-state index in [1.165, 1.54) is 38.5 Å². The Bertz CT molecular complexity index is 1330. The summed E-state index contributed by atoms with van der Waals surface area (Å²) in [5.74, 6) is 0.856. The second kappa shape index (κ2) is 9.95. The molecule has 0 radical (unpaired) electrons. The van der Waals surface area contributed by atoms with E-state index in [-0.39, 0.29) is 17.3 Å². The van der Waals surface area contributed by atoms with E-state index in [9.17, 15) is 12.8 Å². The first-order chi connectivity index (χ1) is 16.3. The van der Waals surface area contributed by atoms with Crippen molar-refractivity contribution in [2.45, 2.75) is 23.3 Å². The average Bonchev–Trinajstić information content (AvgIpc) is 3.34. The molecule has 1 aliphatic rings. The van der Waals surface area contributed by atoms with Gasteiger partial charge < -0.3 is 19.1 Å². The molecular formula is C25H23ClFNO5S. The first-order valence-corrected chi connectivity index (χ1v) is 12.3. The summed E-state index contributed by atoms with van der Waals surface area (Å²) in [5, 5.41) is -0.530. The summed E-state index contributed by atoms with van der Waals surface area (Å²) < 4.78 is 56.5. The third-order valence-electron chi connectivity index (χ3n) is 5.45. The summed E-state index contributed by atoms with van der Waals surface area (Å²) in [7, 11) is -0.803. The molecule has 1 heterocycles. The summed E-state index contributed by atoms with van der Waals surface area (Å²) in [6.45, 7) is 0.150. The lowest BCUT2D eigenvalue weighted by molar-refractivity contribution is 0.306. The van der Waals surface area contributed by atoms with Crippen molar-refractivity contribution in [2.24, 2.45) is 0 Å². The molecule has 3 aromatic rings. The predicted molar refractivity (Wildman–Crippen MR) is 129 cm³/mol. The van der Waals surface area contributed by atoms with Gasteiger partial charge in [0, 0.05) is 24.4 Å². The van der Waals surface area contributed by atoms with Crippen molar-refractivity contribution < 1.29 is 27.0 Å². The van der Waals surface area contributed by atoms with Gasteiger partial charge in [-0.15, -0.1) is 0 Å². The number of hydrogen-bond acceptors (Lipinski definition) is 6. The molecule has 1 unspecified atom stereocenters. The Kier molecular flexibility index (Phi) is 7.00. The van der Waals surface area contributed by atoms with Crippen molar-refractivity contribution in [1.82, 2.24) is 0 Å². The van der Waals surface area contributed by atoms with E-state index in [0.717, 1.165) is 0 Å². The van der Waals surface area contributed by atoms with Crippen molar-refractivity contribution in [2.75, 3.05) is 19.1 Å². The highest BCUT2D eigenvalue weighted by Gasteiger charge is 2.35. The molecule has 1 atom stereocenters. The van der Waals surface area contributed by atoms with Gasteiger partial charge >= 0.3 is 0 Å². The lowest BCUT2D eigenvalue weighted by Crippen LogP contribution is -2.34. The van der Waals surface area contributed by atoms with E-state index >= 15 is 0 Å². The topological polar surface area (TPSA) is 65.1 Å². The van der Waals surface area contributed by atoms with E-state index in [4.69, 9.17) is 25.8 Å². The van der Waals surface area contributed by atoms with Gasteiger partial charge in [-0.05, 0) is 48.0 Å². The SMILES string of the molecule is COc1ccc(S(=O)(=O)C2CC=CN2c2ccc(OCc3cccc(F)c3)c(Cl)c2)cc1OC. The number of anilines is 1. The van der Waals surface area contributed by atoms with Crippen molar-refractivity contribution in [3.05, 3.63) is 89.3 Å². The van der Waals surface area contributed by atoms with Crippen LogP contribution in [0.4, 0.5) is 10.1 Å². The second-order valence-corrected chi connectivity index (χ2v) is 10.1. The van der Waals surface area contributed by atoms with E-state index < -0.39 is 15.2 Å². The van der Waals surface area contributed by atoms with Gasteiger partial charge in [0.15, 0.2) is 21.3 Å². The second-order valence-electron chi connectivity index (χ2n) is 7.58. The Morgan fingerprint density at radius 3 is 2.47 bits per heavy atom. The average molecular weight is 504 g/mol. The Morgan fingerprint density at radius 1 is 1.00 bits per heavy atom. The normalized spacial score (nSPS) is 15.4. The van der Waals surface area contributed by atoms with E-state index in [1.807, 2.05) is 0 Å². The van der Waals surface area contributed by atoms with Gasteiger partial charge in [0.1, 0.15) is 23.5 Å². The number of hydrogen-bond donors (Lipinski definition) is 0. The molecule has 9 heteroatoms. The summed E-state index contributed by atoms with van der Waals surface area (Å²) >= 11 is 6.43. The quantitative estimate of drug-likeness (QED) is 0.399. The van der Waals surface area contributed by atoms with Crippen LogP contribution in [-0.2, 0) is 16.4 Å². The molecule has 0 saturated carbocycles. The predicted octanol–water partition coefficient (Wildman–Crippen LogP) is 5.60. The summed E-state index contributed by atoms with van der Waals surface area (Å²) in [4.78, 5) is 1.79. The Balaban J connectivity index is 1.55. The molecule has 0 N–H and O–H groups in total. The van der Waals surface area contributed by atoms with Crippen LogP contribution in [0.15, 0.2) is 77.8 Å². The minimum Gasteiger partial charge on any atom is -0.493 e. The first-order valence-electron chi connectivity index (χ1n) is 10.4. The van der Waals surface area contributed by atoms with E-state index in [2.05, 4.69) is 0 Å². The standard InChI is InChI=1S/C25H23ClFNO5S/c1-31-23-11-9-20(15-24(23)32-2)34(29,30)25-7-4-12-28(25)19-8-10-22(21(26)14-19)33-16-17-5-3-6-18(27)13-17/h3-6,8-15,25H,7,16H2,1-2H3. The van der Waals surface area contributed by atoms with Crippen LogP contribution in [0.1, 0.15) is 12.0 Å². The Morgan fingerprint density at radius 2 is 1.76 bits per heavy atom. The van der Waals surface area contributed by atoms with Crippen LogP contribution in [-0.4, -0.2) is 28.0 Å². The monoisotopic (exact) mass is 503 g/mol. The zero-order valence-corrected chi connectivity index (χ0v) is 20.1. The number of nitrogens with zero attached hydrogens (tertiary/aromatic N) is 1. The molecule has 0 amide bonds. The van der Waals surface area contributed by atoms with Gasteiger partial charge in [-0.25, -0.2) is 12.8 Å². The molecule has 34 heavy (non-hydrogen) atoms. The number of sulfone groups is 1. The van der Waals surface area contributed by atoms with Crippen LogP contribution in [0.3, 0.4) is 0 Å². The molecule has 0 aromatic heterocycles. The van der Waals surface area contributed by atoms with Crippen LogP contribution >= 0.6 is 11.6 Å². The maximum atomic E-state index is 13.5. The molecular weight excluding hydrogens is 481 g/mol. The number of halogens is 2. The van der Waals surface area contributed by atoms with Gasteiger partial charge in [-0.1, -0.05) is 29.8 Å². The van der Waals surface area contributed by atoms with Gasteiger partial charge in [-0.2, -0.15) is 0 Å². The summed E-state index contributed by atoms with van der Waals surface area (Å²) in [6, 6.07) is 15.7. The lowest BCUT2D eigenvalue weighted by atomic mass is 10.2. The largest absolute Gasteiger partial charge is 0.493 e. The fourth-order valence-corrected chi connectivity index (χ4v) is 5.66. The maximum Gasteiger partial charge on any atom is 0.200 e. The van der Waals surface area contributed by atoms with E-state index in [0.29, 0.717) is 39.9 Å². The summed E-state index contributed by atoms with van der Waals surface area (Å²) in [5.41, 5.74) is 1.27. The third kappa shape index (κ3) is 4.83. The highest BCUT2D eigenvalue weighted by molar-refractivity contribution is 7.92. The van der Waals surface area contributed by atoms with Gasteiger partial charge in [0.05, 0.1) is 24.1 Å². The molecule has 178 valence electrons. The zero-order valence-electron chi connectivity index (χ0n) is 18.6. The van der Waals surface area contributed by atoms with Crippen LogP contribution in [0.25, 0.3) is 0 Å². The van der Waals surface area contributed by atoms with Crippen molar-refractivity contribution in [3.8, 4) is 17.2 Å². The number of methoxy groups -OCH3 is 2. The van der Waals surface area contributed by atoms with Gasteiger partial charge in [0.25, 0.3) is 0 Å². The van der Waals surface area contributed by atoms with Gasteiger partial charge in [-0.3, -0.25) is 0 Å². The molecule has 6 nitrogen and oxygen atoms in total. The van der Waals surface area contributed by atoms with Crippen LogP contribution in [0.2, 0.25) is 5.02 Å². The fourth-order valence-electron chi connectivity index (χ4n) is 3.73. The van der Waals surface area contributed by atoms with Crippen LogP contribution in [0.5, 0.6) is 17.2 Å². The van der Waals surface area contributed by atoms with E-state index in [1.54, 1.807) is 53.6 Å². The summed E-state index contributed by atoms with van der Waals surface area (Å²) in [6.07, 6.45) is 3.83. The molecule has 0 fully saturated rings.